The summed E-state index contributed by atoms with van der Waals surface area (Å²) in [6.07, 6.45) is 2.64. The van der Waals surface area contributed by atoms with Crippen molar-refractivity contribution in [1.29, 1.82) is 0 Å². The topological polar surface area (TPSA) is 35.2 Å². The highest BCUT2D eigenvalue weighted by atomic mass is 16.5. The normalized spacial score (nSPS) is 32.5. The number of hydrogen-bond donors (Lipinski definition) is 1. The molecule has 1 fully saturated rings. The molecule has 0 saturated carbocycles. The maximum atomic E-state index is 6.44. The van der Waals surface area contributed by atoms with Crippen LogP contribution in [0.5, 0.6) is 0 Å². The van der Waals surface area contributed by atoms with E-state index in [1.807, 2.05) is 0 Å². The van der Waals surface area contributed by atoms with Gasteiger partial charge in [-0.25, -0.2) is 0 Å². The van der Waals surface area contributed by atoms with Gasteiger partial charge in [0.15, 0.2) is 0 Å². The van der Waals surface area contributed by atoms with Gasteiger partial charge in [0, 0.05) is 12.0 Å². The number of hydrogen-bond acceptors (Lipinski definition) is 2. The lowest BCUT2D eigenvalue weighted by molar-refractivity contribution is 0.0490. The highest BCUT2D eigenvalue weighted by Gasteiger charge is 2.40. The molecular weight excluding hydrogens is 234 g/mol. The molecule has 1 aliphatic heterocycles. The van der Waals surface area contributed by atoms with Crippen LogP contribution in [0.15, 0.2) is 24.3 Å². The highest BCUT2D eigenvalue weighted by molar-refractivity contribution is 5.23. The molecule has 2 rings (SSSR count). The number of aryl methyl sites for hydroxylation is 1. The molecule has 1 aromatic carbocycles. The number of benzene rings is 1. The van der Waals surface area contributed by atoms with E-state index in [1.54, 1.807) is 0 Å². The maximum Gasteiger partial charge on any atom is 0.0597 e. The molecule has 0 spiro atoms. The number of nitrogens with two attached hydrogens (primary N) is 1. The molecule has 0 aliphatic carbocycles. The largest absolute Gasteiger partial charge is 0.375 e. The Balaban J connectivity index is 2.01. The predicted molar refractivity (Wildman–Crippen MR) is 80.2 cm³/mol. The second-order valence-electron chi connectivity index (χ2n) is 6.02. The van der Waals surface area contributed by atoms with Gasteiger partial charge in [0.05, 0.1) is 12.2 Å². The van der Waals surface area contributed by atoms with Crippen molar-refractivity contribution in [3.63, 3.8) is 0 Å². The molecule has 1 aliphatic rings. The zero-order chi connectivity index (χ0) is 14.0. The fourth-order valence-corrected chi connectivity index (χ4v) is 3.35. The predicted octanol–water partition coefficient (Wildman–Crippen LogP) is 3.18. The molecule has 0 bridgehead atoms. The summed E-state index contributed by atoms with van der Waals surface area (Å²) in [5, 5.41) is 0. The second-order valence-corrected chi connectivity index (χ2v) is 6.02. The average molecular weight is 261 g/mol. The summed E-state index contributed by atoms with van der Waals surface area (Å²) in [4.78, 5) is 0. The van der Waals surface area contributed by atoms with Crippen LogP contribution in [-0.2, 0) is 17.6 Å². The second kappa shape index (κ2) is 6.06. The Morgan fingerprint density at radius 1 is 1.05 bits per heavy atom. The van der Waals surface area contributed by atoms with E-state index < -0.39 is 0 Å². The van der Waals surface area contributed by atoms with Gasteiger partial charge in [-0.15, -0.1) is 0 Å². The fraction of sp³-hybridized carbons (Fsp3) is 0.647. The molecule has 0 aromatic heterocycles. The van der Waals surface area contributed by atoms with Gasteiger partial charge in [0.25, 0.3) is 0 Å². The van der Waals surface area contributed by atoms with Gasteiger partial charge in [-0.05, 0) is 43.7 Å². The van der Waals surface area contributed by atoms with E-state index in [2.05, 4.69) is 52.0 Å². The van der Waals surface area contributed by atoms with E-state index in [0.29, 0.717) is 17.9 Å². The minimum absolute atomic E-state index is 0.183. The summed E-state index contributed by atoms with van der Waals surface area (Å²) in [5.74, 6) is 1.00. The van der Waals surface area contributed by atoms with Crippen LogP contribution < -0.4 is 5.73 Å². The molecule has 5 unspecified atom stereocenters. The van der Waals surface area contributed by atoms with Crippen LogP contribution in [0.1, 0.15) is 38.8 Å². The van der Waals surface area contributed by atoms with E-state index in [1.165, 1.54) is 11.1 Å². The standard InChI is InChI=1S/C17H27NO/c1-5-14-6-8-15(9-7-14)10-16(18)17-11(2)12(3)19-13(17)4/h6-9,11-13,16-17H,5,10,18H2,1-4H3. The van der Waals surface area contributed by atoms with E-state index in [4.69, 9.17) is 10.5 Å². The average Bonchev–Trinajstić information content (AvgIpc) is 2.64. The number of rotatable bonds is 4. The molecular formula is C17H27NO. The quantitative estimate of drug-likeness (QED) is 0.903. The van der Waals surface area contributed by atoms with Crippen LogP contribution in [0.4, 0.5) is 0 Å². The van der Waals surface area contributed by atoms with Crippen LogP contribution in [-0.4, -0.2) is 18.2 Å². The molecule has 2 N–H and O–H groups in total. The fourth-order valence-electron chi connectivity index (χ4n) is 3.35. The summed E-state index contributed by atoms with van der Waals surface area (Å²) in [6, 6.07) is 9.04. The minimum atomic E-state index is 0.183. The molecule has 0 radical (unpaired) electrons. The third kappa shape index (κ3) is 3.18. The molecule has 5 atom stereocenters. The Morgan fingerprint density at radius 2 is 1.63 bits per heavy atom. The third-order valence-electron chi connectivity index (χ3n) is 4.72. The highest BCUT2D eigenvalue weighted by Crippen LogP contribution is 2.34. The summed E-state index contributed by atoms with van der Waals surface area (Å²) < 4.78 is 5.90. The lowest BCUT2D eigenvalue weighted by atomic mass is 9.81. The van der Waals surface area contributed by atoms with Crippen molar-refractivity contribution in [2.45, 2.75) is 58.8 Å². The minimum Gasteiger partial charge on any atom is -0.375 e. The van der Waals surface area contributed by atoms with Crippen LogP contribution in [0, 0.1) is 11.8 Å². The Labute approximate surface area is 117 Å². The van der Waals surface area contributed by atoms with Crippen molar-refractivity contribution in [3.8, 4) is 0 Å². The van der Waals surface area contributed by atoms with Gasteiger partial charge in [-0.1, -0.05) is 38.1 Å². The van der Waals surface area contributed by atoms with Crippen molar-refractivity contribution >= 4 is 0 Å². The Hall–Kier alpha value is -0.860. The van der Waals surface area contributed by atoms with Crippen molar-refractivity contribution in [3.05, 3.63) is 35.4 Å². The molecule has 19 heavy (non-hydrogen) atoms. The van der Waals surface area contributed by atoms with Crippen molar-refractivity contribution in [2.24, 2.45) is 17.6 Å². The number of ether oxygens (including phenoxy) is 1. The first-order chi connectivity index (χ1) is 9.02. The molecule has 2 heteroatoms. The van der Waals surface area contributed by atoms with Crippen LogP contribution in [0.25, 0.3) is 0 Å². The summed E-state index contributed by atoms with van der Waals surface area (Å²) in [6.45, 7) is 8.76. The van der Waals surface area contributed by atoms with Crippen molar-refractivity contribution in [1.82, 2.24) is 0 Å². The van der Waals surface area contributed by atoms with Crippen LogP contribution >= 0.6 is 0 Å². The summed E-state index contributed by atoms with van der Waals surface area (Å²) in [5.41, 5.74) is 9.17. The van der Waals surface area contributed by atoms with E-state index in [9.17, 15) is 0 Å². The van der Waals surface area contributed by atoms with Crippen molar-refractivity contribution < 1.29 is 4.74 Å². The molecule has 1 heterocycles. The zero-order valence-corrected chi connectivity index (χ0v) is 12.6. The maximum absolute atomic E-state index is 6.44. The first-order valence-corrected chi connectivity index (χ1v) is 7.51. The molecule has 2 nitrogen and oxygen atoms in total. The van der Waals surface area contributed by atoms with Gasteiger partial charge < -0.3 is 10.5 Å². The smallest absolute Gasteiger partial charge is 0.0597 e. The van der Waals surface area contributed by atoms with Gasteiger partial charge in [0.1, 0.15) is 0 Å². The lowest BCUT2D eigenvalue weighted by Gasteiger charge is -2.25. The zero-order valence-electron chi connectivity index (χ0n) is 12.6. The van der Waals surface area contributed by atoms with E-state index in [0.717, 1.165) is 12.8 Å². The Kier molecular flexibility index (Phi) is 4.64. The van der Waals surface area contributed by atoms with Crippen LogP contribution in [0.3, 0.4) is 0 Å². The Morgan fingerprint density at radius 3 is 2.11 bits per heavy atom. The lowest BCUT2D eigenvalue weighted by Crippen LogP contribution is -2.39. The van der Waals surface area contributed by atoms with Crippen LogP contribution in [0.2, 0.25) is 0 Å². The van der Waals surface area contributed by atoms with Gasteiger partial charge in [0.2, 0.25) is 0 Å². The summed E-state index contributed by atoms with van der Waals surface area (Å²) in [7, 11) is 0. The molecule has 1 aromatic rings. The van der Waals surface area contributed by atoms with Gasteiger partial charge in [-0.2, -0.15) is 0 Å². The summed E-state index contributed by atoms with van der Waals surface area (Å²) >= 11 is 0. The van der Waals surface area contributed by atoms with E-state index >= 15 is 0 Å². The van der Waals surface area contributed by atoms with Gasteiger partial charge >= 0.3 is 0 Å². The third-order valence-corrected chi connectivity index (χ3v) is 4.72. The first kappa shape index (κ1) is 14.5. The first-order valence-electron chi connectivity index (χ1n) is 7.51. The van der Waals surface area contributed by atoms with Crippen molar-refractivity contribution in [2.75, 3.05) is 0 Å². The monoisotopic (exact) mass is 261 g/mol. The molecule has 0 amide bonds. The molecule has 1 saturated heterocycles. The van der Waals surface area contributed by atoms with Gasteiger partial charge in [-0.3, -0.25) is 0 Å². The SMILES string of the molecule is CCc1ccc(CC(N)C2C(C)OC(C)C2C)cc1. The molecule has 106 valence electrons. The van der Waals surface area contributed by atoms with E-state index in [-0.39, 0.29) is 12.1 Å². The Bertz CT molecular complexity index is 400.